The zero-order chi connectivity index (χ0) is 60.0. The number of carbonyl (C=O) groups is 6. The van der Waals surface area contributed by atoms with Gasteiger partial charge in [-0.15, -0.1) is 22.7 Å². The van der Waals surface area contributed by atoms with Crippen molar-refractivity contribution in [2.24, 2.45) is 10.8 Å². The van der Waals surface area contributed by atoms with Gasteiger partial charge in [0.05, 0.1) is 45.3 Å². The molecular weight excluding hydrogens is 1090 g/mol. The molecule has 16 nitrogen and oxygen atoms in total. The predicted octanol–water partition coefficient (Wildman–Crippen LogP) is 9.69. The summed E-state index contributed by atoms with van der Waals surface area (Å²) in [6.07, 6.45) is 0.710. The van der Waals surface area contributed by atoms with Crippen LogP contribution in [0.25, 0.3) is 43.4 Å². The Morgan fingerprint density at radius 1 is 0.476 bits per heavy atom. The van der Waals surface area contributed by atoms with Gasteiger partial charge in [0.25, 0.3) is 11.8 Å². The molecule has 0 unspecified atom stereocenters. The summed E-state index contributed by atoms with van der Waals surface area (Å²) in [5.74, 6) is -1.95. The predicted molar refractivity (Wildman–Crippen MR) is 333 cm³/mol. The van der Waals surface area contributed by atoms with Crippen molar-refractivity contribution in [3.63, 3.8) is 0 Å². The Bertz CT molecular complexity index is 3110. The topological polar surface area (TPSA) is 207 Å². The van der Waals surface area contributed by atoms with Gasteiger partial charge in [0.2, 0.25) is 23.6 Å². The average Bonchev–Trinajstić information content (AvgIpc) is 3.35. The molecule has 2 fully saturated rings. The van der Waals surface area contributed by atoms with Crippen LogP contribution in [0.15, 0.2) is 146 Å². The lowest BCUT2D eigenvalue weighted by molar-refractivity contribution is -0.140. The second-order valence-electron chi connectivity index (χ2n) is 24.0. The standard InChI is InChI=1S/C66H76N10O6S2/c1-39(67-9)57(77)73-55(65(3,4)5)63(81)75-37-47(35-49(75)61-71-51(41-23-15-11-16-24-41)53(83-61)43-27-19-13-20-28-43)69-59(79)45-31-33-46(34-32-45)60(80)70-48-36-50(76(38-48)64(82)56(66(6,7)8)74-58(78)40(2)68-10)62-72-52(42-25-17-12-18-26-42)54(84-62)44-29-21-14-22-30-44/h11-34,39-40,47-50,55-56,67-68H,35-38H2,1-10H3,(H,69,79)(H,70,80)(H,73,77)(H,74,78)/t39-,40-,47-,48-,49-,50-,55+,56+/m0/s1. The Morgan fingerprint density at radius 3 is 1.08 bits per heavy atom. The SMILES string of the molecule is CN[C@@H](C)C(=O)N[C@H](C(=O)N1C[C@@H](NC(=O)c2ccc(C(=O)N[C@H]3C[C@@H](c4nc(-c5ccccc5)c(-c5ccccc5)s4)N(C(=O)[C@@H](NC(=O)[C@H](C)NC)C(C)(C)C)C3)cc2)C[C@H]1c1nc(-c2ccccc2)c(-c2ccccc2)s1)C(C)(C)C. The number of rotatable bonds is 18. The normalized spacial score (nSPS) is 18.5. The fraction of sp³-hybridized carbons (Fsp3) is 0.364. The molecule has 84 heavy (non-hydrogen) atoms. The molecule has 0 spiro atoms. The summed E-state index contributed by atoms with van der Waals surface area (Å²) in [4.78, 5) is 102. The van der Waals surface area contributed by atoms with Crippen LogP contribution in [-0.2, 0) is 19.2 Å². The number of amides is 6. The lowest BCUT2D eigenvalue weighted by Crippen LogP contribution is -2.57. The maximum Gasteiger partial charge on any atom is 0.251 e. The molecule has 4 heterocycles. The van der Waals surface area contributed by atoms with Gasteiger partial charge in [-0.2, -0.15) is 0 Å². The van der Waals surface area contributed by atoms with E-state index in [9.17, 15) is 19.2 Å². The van der Waals surface area contributed by atoms with Crippen molar-refractivity contribution in [2.75, 3.05) is 27.2 Å². The van der Waals surface area contributed by atoms with Crippen LogP contribution < -0.4 is 31.9 Å². The summed E-state index contributed by atoms with van der Waals surface area (Å²) in [5.41, 5.74) is 4.68. The largest absolute Gasteiger partial charge is 0.347 e. The molecule has 0 radical (unpaired) electrons. The molecule has 438 valence electrons. The van der Waals surface area contributed by atoms with Crippen LogP contribution in [-0.4, -0.2) is 119 Å². The van der Waals surface area contributed by atoms with Crippen LogP contribution in [0.3, 0.4) is 0 Å². The van der Waals surface area contributed by atoms with Crippen LogP contribution in [0.1, 0.15) is 111 Å². The summed E-state index contributed by atoms with van der Waals surface area (Å²) < 4.78 is 0. The number of hydrogen-bond acceptors (Lipinski definition) is 12. The molecule has 0 saturated carbocycles. The smallest absolute Gasteiger partial charge is 0.251 e. The molecule has 5 aromatic carbocycles. The van der Waals surface area contributed by atoms with Crippen molar-refractivity contribution in [3.8, 4) is 43.4 Å². The van der Waals surface area contributed by atoms with Gasteiger partial charge in [0.15, 0.2) is 0 Å². The monoisotopic (exact) mass is 1170 g/mol. The lowest BCUT2D eigenvalue weighted by Gasteiger charge is -2.36. The van der Waals surface area contributed by atoms with E-state index in [1.165, 1.54) is 22.7 Å². The first-order valence-corrected chi connectivity index (χ1v) is 30.3. The minimum atomic E-state index is -0.898. The van der Waals surface area contributed by atoms with Gasteiger partial charge in [0.1, 0.15) is 22.1 Å². The minimum absolute atomic E-state index is 0.155. The maximum atomic E-state index is 15.1. The van der Waals surface area contributed by atoms with E-state index in [1.807, 2.05) is 163 Å². The quantitative estimate of drug-likeness (QED) is 0.0480. The number of likely N-dealkylation sites (N-methyl/N-ethyl adjacent to an activating group) is 2. The van der Waals surface area contributed by atoms with E-state index < -0.39 is 59.2 Å². The third-order valence-electron chi connectivity index (χ3n) is 15.7. The lowest BCUT2D eigenvalue weighted by atomic mass is 9.85. The first-order valence-electron chi connectivity index (χ1n) is 28.6. The van der Waals surface area contributed by atoms with Gasteiger partial charge < -0.3 is 41.7 Å². The molecule has 6 N–H and O–H groups in total. The molecule has 2 aromatic heterocycles. The zero-order valence-corrected chi connectivity index (χ0v) is 51.0. The Hall–Kier alpha value is -7.90. The van der Waals surface area contributed by atoms with Gasteiger partial charge in [0, 0.05) is 47.4 Å². The third kappa shape index (κ3) is 13.7. The molecule has 8 atom stereocenters. The Kier molecular flexibility index (Phi) is 18.7. The van der Waals surface area contributed by atoms with Crippen LogP contribution in [0.5, 0.6) is 0 Å². The zero-order valence-electron chi connectivity index (χ0n) is 49.4. The number of likely N-dealkylation sites (tertiary alicyclic amines) is 2. The van der Waals surface area contributed by atoms with Crippen molar-refractivity contribution in [1.29, 1.82) is 0 Å². The van der Waals surface area contributed by atoms with Crippen molar-refractivity contribution < 1.29 is 28.8 Å². The Morgan fingerprint density at radius 2 is 0.786 bits per heavy atom. The second kappa shape index (κ2) is 25.9. The van der Waals surface area contributed by atoms with E-state index in [-0.39, 0.29) is 48.5 Å². The summed E-state index contributed by atoms with van der Waals surface area (Å²) in [7, 11) is 3.39. The average molecular weight is 1170 g/mol. The van der Waals surface area contributed by atoms with E-state index in [2.05, 4.69) is 31.9 Å². The van der Waals surface area contributed by atoms with E-state index in [0.29, 0.717) is 34.0 Å². The van der Waals surface area contributed by atoms with Crippen molar-refractivity contribution >= 4 is 58.1 Å². The van der Waals surface area contributed by atoms with Gasteiger partial charge in [-0.3, -0.25) is 28.8 Å². The number of aromatic nitrogens is 2. The van der Waals surface area contributed by atoms with E-state index in [1.54, 1.807) is 62.0 Å². The van der Waals surface area contributed by atoms with Crippen LogP contribution in [0, 0.1) is 10.8 Å². The Balaban J connectivity index is 0.965. The highest BCUT2D eigenvalue weighted by molar-refractivity contribution is 7.16. The van der Waals surface area contributed by atoms with Gasteiger partial charge in [-0.1, -0.05) is 163 Å². The highest BCUT2D eigenvalue weighted by atomic mass is 32.1. The fourth-order valence-electron chi connectivity index (χ4n) is 10.7. The van der Waals surface area contributed by atoms with Crippen LogP contribution in [0.4, 0.5) is 0 Å². The van der Waals surface area contributed by atoms with Crippen molar-refractivity contribution in [3.05, 3.63) is 167 Å². The molecule has 0 aliphatic carbocycles. The third-order valence-corrected chi connectivity index (χ3v) is 18.1. The molecule has 9 rings (SSSR count). The molecule has 2 saturated heterocycles. The number of benzene rings is 5. The molecular formula is C66H76N10O6S2. The van der Waals surface area contributed by atoms with Crippen LogP contribution in [0.2, 0.25) is 0 Å². The van der Waals surface area contributed by atoms with Crippen LogP contribution >= 0.6 is 22.7 Å². The highest BCUT2D eigenvalue weighted by Crippen LogP contribution is 2.46. The number of nitrogens with one attached hydrogen (secondary N) is 6. The number of nitrogens with zero attached hydrogens (tertiary/aromatic N) is 4. The van der Waals surface area contributed by atoms with E-state index in [0.717, 1.165) is 43.4 Å². The molecule has 6 amide bonds. The first kappa shape index (κ1) is 60.7. The van der Waals surface area contributed by atoms with Gasteiger partial charge in [-0.25, -0.2) is 9.97 Å². The molecule has 18 heteroatoms. The summed E-state index contributed by atoms with van der Waals surface area (Å²) in [5, 5.41) is 19.8. The molecule has 2 aliphatic heterocycles. The summed E-state index contributed by atoms with van der Waals surface area (Å²) in [6.45, 7) is 15.3. The summed E-state index contributed by atoms with van der Waals surface area (Å²) >= 11 is 3.03. The number of thiazole rings is 2. The maximum absolute atomic E-state index is 15.1. The van der Waals surface area contributed by atoms with Crippen molar-refractivity contribution in [2.45, 2.75) is 117 Å². The van der Waals surface area contributed by atoms with Gasteiger partial charge in [-0.05, 0) is 87.0 Å². The highest BCUT2D eigenvalue weighted by Gasteiger charge is 2.47. The fourth-order valence-corrected chi connectivity index (χ4v) is 13.1. The van der Waals surface area contributed by atoms with E-state index >= 15 is 9.59 Å². The number of hydrogen-bond donors (Lipinski definition) is 6. The van der Waals surface area contributed by atoms with Gasteiger partial charge >= 0.3 is 0 Å². The Labute approximate surface area is 500 Å². The molecule has 0 bridgehead atoms. The summed E-state index contributed by atoms with van der Waals surface area (Å²) in [6, 6.07) is 41.3. The number of carbonyl (C=O) groups excluding carboxylic acids is 6. The first-order chi connectivity index (χ1) is 40.1. The van der Waals surface area contributed by atoms with Crippen molar-refractivity contribution in [1.82, 2.24) is 51.7 Å². The molecule has 7 aromatic rings. The van der Waals surface area contributed by atoms with E-state index in [4.69, 9.17) is 9.97 Å². The molecule has 2 aliphatic rings. The minimum Gasteiger partial charge on any atom is -0.347 e. The second-order valence-corrected chi connectivity index (χ2v) is 26.0.